The maximum atomic E-state index is 11.6. The fourth-order valence-corrected chi connectivity index (χ4v) is 6.55. The summed E-state index contributed by atoms with van der Waals surface area (Å²) in [6, 6.07) is 52.0. The van der Waals surface area contributed by atoms with E-state index in [1.807, 2.05) is 97.1 Å². The van der Waals surface area contributed by atoms with Crippen molar-refractivity contribution in [1.82, 2.24) is 14.5 Å². The summed E-state index contributed by atoms with van der Waals surface area (Å²) in [5.41, 5.74) is 10.2. The molecule has 0 aliphatic heterocycles. The number of pyridine rings is 1. The fraction of sp³-hybridized carbons (Fsp3) is 0. The molecule has 9 aromatic rings. The van der Waals surface area contributed by atoms with E-state index in [4.69, 9.17) is 9.40 Å². The predicted octanol–water partition coefficient (Wildman–Crippen LogP) is 10.5. The zero-order valence-electron chi connectivity index (χ0n) is 25.4. The molecule has 0 unspecified atom stereocenters. The molecule has 1 N–H and O–H groups in total. The number of imidazole rings is 1. The van der Waals surface area contributed by atoms with E-state index in [9.17, 15) is 5.11 Å². The Balaban J connectivity index is 0.00000336. The third-order valence-corrected chi connectivity index (χ3v) is 8.69. The molecule has 232 valence electrons. The van der Waals surface area contributed by atoms with Crippen LogP contribution in [0.15, 0.2) is 156 Å². The summed E-state index contributed by atoms with van der Waals surface area (Å²) < 4.78 is 8.62. The van der Waals surface area contributed by atoms with Crippen LogP contribution >= 0.6 is 0 Å². The SMILES string of the molecule is Oc1ccc2c(oc3ccccc32)c1-c1nc2c(-c3[c-]c(-c4ccccn4)ccc3)cccc2n1-c1ccccc1-c1ccccc1.[Pt]. The Morgan fingerprint density at radius 2 is 1.38 bits per heavy atom. The van der Waals surface area contributed by atoms with Crippen molar-refractivity contribution in [3.63, 3.8) is 0 Å². The summed E-state index contributed by atoms with van der Waals surface area (Å²) in [6.07, 6.45) is 1.79. The number of nitrogens with zero attached hydrogens (tertiary/aromatic N) is 3. The van der Waals surface area contributed by atoms with Crippen LogP contribution in [0.4, 0.5) is 0 Å². The first-order valence-electron chi connectivity index (χ1n) is 15.5. The van der Waals surface area contributed by atoms with Crippen LogP contribution in [0.2, 0.25) is 0 Å². The zero-order valence-corrected chi connectivity index (χ0v) is 27.7. The second kappa shape index (κ2) is 12.1. The van der Waals surface area contributed by atoms with Crippen LogP contribution in [-0.2, 0) is 21.1 Å². The third kappa shape index (κ3) is 4.83. The monoisotopic (exact) mass is 799 g/mol. The minimum Gasteiger partial charge on any atom is -0.507 e. The fourth-order valence-electron chi connectivity index (χ4n) is 6.55. The van der Waals surface area contributed by atoms with Crippen LogP contribution in [0, 0.1) is 6.07 Å². The third-order valence-electron chi connectivity index (χ3n) is 8.69. The van der Waals surface area contributed by atoms with Gasteiger partial charge in [0.2, 0.25) is 0 Å². The van der Waals surface area contributed by atoms with Gasteiger partial charge in [-0.2, -0.15) is 0 Å². The van der Waals surface area contributed by atoms with E-state index in [1.165, 1.54) is 0 Å². The molecule has 0 aliphatic rings. The predicted molar refractivity (Wildman–Crippen MR) is 188 cm³/mol. The van der Waals surface area contributed by atoms with Crippen molar-refractivity contribution < 1.29 is 30.6 Å². The molecule has 48 heavy (non-hydrogen) atoms. The van der Waals surface area contributed by atoms with Gasteiger partial charge in [0.05, 0.1) is 16.7 Å². The van der Waals surface area contributed by atoms with Gasteiger partial charge in [0.15, 0.2) is 5.82 Å². The number of para-hydroxylation sites is 3. The van der Waals surface area contributed by atoms with E-state index >= 15 is 0 Å². The van der Waals surface area contributed by atoms with Gasteiger partial charge >= 0.3 is 0 Å². The number of phenols is 1. The van der Waals surface area contributed by atoms with Crippen molar-refractivity contribution in [2.45, 2.75) is 0 Å². The van der Waals surface area contributed by atoms with E-state index in [0.29, 0.717) is 17.0 Å². The minimum absolute atomic E-state index is 0. The van der Waals surface area contributed by atoms with Crippen molar-refractivity contribution >= 4 is 33.0 Å². The number of fused-ring (bicyclic) bond motifs is 4. The number of aromatic nitrogens is 3. The second-order valence-corrected chi connectivity index (χ2v) is 11.5. The average molecular weight is 800 g/mol. The summed E-state index contributed by atoms with van der Waals surface area (Å²) in [6.45, 7) is 0. The molecule has 0 saturated heterocycles. The van der Waals surface area contributed by atoms with Gasteiger partial charge in [-0.25, -0.2) is 4.98 Å². The van der Waals surface area contributed by atoms with Crippen molar-refractivity contribution in [2.75, 3.05) is 0 Å². The first-order valence-corrected chi connectivity index (χ1v) is 15.5. The van der Waals surface area contributed by atoms with E-state index in [0.717, 1.165) is 66.6 Å². The molecule has 0 spiro atoms. The molecule has 6 aromatic carbocycles. The van der Waals surface area contributed by atoms with Gasteiger partial charge in [-0.15, -0.1) is 29.8 Å². The van der Waals surface area contributed by atoms with E-state index < -0.39 is 0 Å². The topological polar surface area (TPSA) is 64.1 Å². The number of hydrogen-bond acceptors (Lipinski definition) is 4. The second-order valence-electron chi connectivity index (χ2n) is 11.5. The van der Waals surface area contributed by atoms with Gasteiger partial charge in [-0.1, -0.05) is 102 Å². The number of rotatable bonds is 5. The molecule has 0 bridgehead atoms. The largest absolute Gasteiger partial charge is 0.507 e. The molecule has 0 atom stereocenters. The van der Waals surface area contributed by atoms with Gasteiger partial charge in [-0.05, 0) is 42.0 Å². The first kappa shape index (κ1) is 29.6. The Morgan fingerprint density at radius 1 is 0.625 bits per heavy atom. The smallest absolute Gasteiger partial charge is 0.152 e. The zero-order chi connectivity index (χ0) is 31.3. The summed E-state index contributed by atoms with van der Waals surface area (Å²) >= 11 is 0. The van der Waals surface area contributed by atoms with E-state index in [1.54, 1.807) is 12.3 Å². The van der Waals surface area contributed by atoms with Gasteiger partial charge in [0, 0.05) is 49.3 Å². The number of hydrogen-bond donors (Lipinski definition) is 1. The minimum atomic E-state index is 0. The Bertz CT molecular complexity index is 2590. The van der Waals surface area contributed by atoms with E-state index in [-0.39, 0.29) is 26.8 Å². The average Bonchev–Trinajstić information content (AvgIpc) is 3.71. The molecule has 0 aliphatic carbocycles. The molecule has 0 saturated carbocycles. The number of aromatic hydroxyl groups is 1. The Kier molecular flexibility index (Phi) is 7.47. The van der Waals surface area contributed by atoms with Crippen LogP contribution in [0.1, 0.15) is 0 Å². The molecular formula is C42H26N3O2Pt-. The van der Waals surface area contributed by atoms with Crippen molar-refractivity contribution in [3.05, 3.63) is 158 Å². The Labute approximate surface area is 291 Å². The molecule has 3 heterocycles. The maximum Gasteiger partial charge on any atom is 0.152 e. The first-order chi connectivity index (χ1) is 23.2. The molecule has 9 rings (SSSR count). The summed E-state index contributed by atoms with van der Waals surface area (Å²) in [5.74, 6) is 0.675. The van der Waals surface area contributed by atoms with E-state index in [2.05, 4.69) is 58.1 Å². The molecule has 3 aromatic heterocycles. The summed E-state index contributed by atoms with van der Waals surface area (Å²) in [4.78, 5) is 9.91. The molecule has 6 heteroatoms. The van der Waals surface area contributed by atoms with Crippen LogP contribution < -0.4 is 0 Å². The van der Waals surface area contributed by atoms with Gasteiger partial charge < -0.3 is 9.52 Å². The van der Waals surface area contributed by atoms with Crippen molar-refractivity contribution in [2.24, 2.45) is 0 Å². The van der Waals surface area contributed by atoms with Crippen LogP contribution in [-0.4, -0.2) is 19.6 Å². The number of phenolic OH excluding ortho intramolecular Hbond substituents is 1. The normalized spacial score (nSPS) is 11.2. The molecule has 0 amide bonds. The van der Waals surface area contributed by atoms with Gasteiger partial charge in [0.25, 0.3) is 0 Å². The molecule has 0 radical (unpaired) electrons. The van der Waals surface area contributed by atoms with Crippen LogP contribution in [0.3, 0.4) is 0 Å². The summed E-state index contributed by atoms with van der Waals surface area (Å²) in [7, 11) is 0. The quantitative estimate of drug-likeness (QED) is 0.176. The summed E-state index contributed by atoms with van der Waals surface area (Å²) in [5, 5.41) is 13.5. The maximum absolute atomic E-state index is 11.6. The Hall–Kier alpha value is -5.77. The number of furan rings is 1. The van der Waals surface area contributed by atoms with Gasteiger partial charge in [-0.3, -0.25) is 9.55 Å². The molecule has 0 fully saturated rings. The van der Waals surface area contributed by atoms with Crippen molar-refractivity contribution in [1.29, 1.82) is 0 Å². The standard InChI is InChI=1S/C42H26N3O2.Pt/c46-37-24-23-33-32-17-5-7-22-38(32)47-41(33)39(37)42-44-40-31(28-14-10-15-29(26-28)34-19-8-9-25-43-34)18-11-21-36(40)45(42)35-20-6-4-16-30(35)27-12-2-1-3-13-27;/h1-25,46H;/q-1;. The molecular weight excluding hydrogens is 774 g/mol. The number of benzene rings is 6. The van der Waals surface area contributed by atoms with Crippen molar-refractivity contribution in [3.8, 4) is 56.3 Å². The molecule has 5 nitrogen and oxygen atoms in total. The Morgan fingerprint density at radius 3 is 2.25 bits per heavy atom. The van der Waals surface area contributed by atoms with Crippen LogP contribution in [0.5, 0.6) is 5.75 Å². The van der Waals surface area contributed by atoms with Crippen LogP contribution in [0.25, 0.3) is 83.6 Å². The van der Waals surface area contributed by atoms with Gasteiger partial charge in [0.1, 0.15) is 22.5 Å².